The summed E-state index contributed by atoms with van der Waals surface area (Å²) in [6.45, 7) is 10.9. The molecule has 1 unspecified atom stereocenters. The van der Waals surface area contributed by atoms with Crippen LogP contribution in [0.2, 0.25) is 0 Å². The van der Waals surface area contributed by atoms with Crippen molar-refractivity contribution in [2.24, 2.45) is 11.3 Å². The van der Waals surface area contributed by atoms with Gasteiger partial charge in [-0.3, -0.25) is 4.79 Å². The minimum absolute atomic E-state index is 0.194. The number of amides is 1. The van der Waals surface area contributed by atoms with Gasteiger partial charge in [0.05, 0.1) is 12.2 Å². The molecule has 0 fully saturated rings. The van der Waals surface area contributed by atoms with Crippen LogP contribution >= 0.6 is 11.3 Å². The van der Waals surface area contributed by atoms with E-state index in [4.69, 9.17) is 4.74 Å². The second-order valence-corrected chi connectivity index (χ2v) is 9.66. The van der Waals surface area contributed by atoms with Crippen LogP contribution in [0.3, 0.4) is 0 Å². The number of hydrogen-bond acceptors (Lipinski definition) is 4. The minimum Gasteiger partial charge on any atom is -0.462 e. The van der Waals surface area contributed by atoms with E-state index in [2.05, 4.69) is 26.1 Å². The van der Waals surface area contributed by atoms with E-state index >= 15 is 0 Å². The maximum absolute atomic E-state index is 12.8. The molecule has 28 heavy (non-hydrogen) atoms. The molecule has 1 aliphatic rings. The summed E-state index contributed by atoms with van der Waals surface area (Å²) in [4.78, 5) is 26.7. The molecular weight excluding hydrogens is 370 g/mol. The third-order valence-corrected chi connectivity index (χ3v) is 6.65. The maximum Gasteiger partial charge on any atom is 0.341 e. The summed E-state index contributed by atoms with van der Waals surface area (Å²) in [6, 6.07) is 7.46. The molecule has 0 spiro atoms. The van der Waals surface area contributed by atoms with Gasteiger partial charge in [0.2, 0.25) is 0 Å². The van der Waals surface area contributed by atoms with Crippen LogP contribution in [0.1, 0.15) is 70.8 Å². The molecule has 1 aromatic carbocycles. The van der Waals surface area contributed by atoms with Crippen LogP contribution in [0, 0.1) is 18.3 Å². The average Bonchev–Trinajstić information content (AvgIpc) is 2.98. The molecule has 0 radical (unpaired) electrons. The number of nitrogens with one attached hydrogen (secondary N) is 1. The van der Waals surface area contributed by atoms with Gasteiger partial charge >= 0.3 is 5.97 Å². The highest BCUT2D eigenvalue weighted by Crippen LogP contribution is 2.44. The lowest BCUT2D eigenvalue weighted by atomic mass is 9.72. The molecule has 2 aromatic rings. The summed E-state index contributed by atoms with van der Waals surface area (Å²) in [5.74, 6) is 0.0305. The van der Waals surface area contributed by atoms with Gasteiger partial charge in [0, 0.05) is 10.4 Å². The van der Waals surface area contributed by atoms with Gasteiger partial charge in [-0.1, -0.05) is 38.5 Å². The van der Waals surface area contributed by atoms with Crippen molar-refractivity contribution in [3.8, 4) is 0 Å². The number of fused-ring (bicyclic) bond motifs is 1. The normalized spacial score (nSPS) is 16.4. The standard InChI is InChI=1S/C23H29NO3S/c1-6-27-22(26)19-17-11-10-16(23(3,4)5)13-18(17)28-21(19)24-20(25)15-9-7-8-14(2)12-15/h7-9,12,16H,6,10-11,13H2,1-5H3,(H,24,25). The van der Waals surface area contributed by atoms with E-state index in [-0.39, 0.29) is 17.3 Å². The first-order chi connectivity index (χ1) is 13.2. The average molecular weight is 400 g/mol. The molecule has 5 heteroatoms. The van der Waals surface area contributed by atoms with Crippen LogP contribution in [-0.4, -0.2) is 18.5 Å². The number of esters is 1. The summed E-state index contributed by atoms with van der Waals surface area (Å²) in [7, 11) is 0. The molecule has 1 aliphatic carbocycles. The van der Waals surface area contributed by atoms with Crippen LogP contribution in [0.25, 0.3) is 0 Å². The number of rotatable bonds is 4. The fraction of sp³-hybridized carbons (Fsp3) is 0.478. The summed E-state index contributed by atoms with van der Waals surface area (Å²) < 4.78 is 5.31. The van der Waals surface area contributed by atoms with E-state index < -0.39 is 0 Å². The van der Waals surface area contributed by atoms with E-state index in [1.54, 1.807) is 13.0 Å². The summed E-state index contributed by atoms with van der Waals surface area (Å²) >= 11 is 1.53. The van der Waals surface area contributed by atoms with E-state index in [1.165, 1.54) is 16.2 Å². The highest BCUT2D eigenvalue weighted by atomic mass is 32.1. The van der Waals surface area contributed by atoms with Crippen molar-refractivity contribution in [2.45, 2.75) is 53.9 Å². The fourth-order valence-electron chi connectivity index (χ4n) is 3.79. The lowest BCUT2D eigenvalue weighted by molar-refractivity contribution is 0.0526. The van der Waals surface area contributed by atoms with E-state index in [0.29, 0.717) is 28.7 Å². The number of anilines is 1. The first-order valence-electron chi connectivity index (χ1n) is 9.90. The highest BCUT2D eigenvalue weighted by molar-refractivity contribution is 7.17. The second-order valence-electron chi connectivity index (χ2n) is 8.56. The third kappa shape index (κ3) is 4.30. The zero-order chi connectivity index (χ0) is 20.5. The van der Waals surface area contributed by atoms with Gasteiger partial charge in [0.15, 0.2) is 0 Å². The molecule has 1 atom stereocenters. The van der Waals surface area contributed by atoms with Crippen molar-refractivity contribution in [3.63, 3.8) is 0 Å². The maximum atomic E-state index is 12.8. The lowest BCUT2D eigenvalue weighted by Crippen LogP contribution is -2.26. The summed E-state index contributed by atoms with van der Waals surface area (Å²) in [5.41, 5.74) is 3.45. The van der Waals surface area contributed by atoms with Gasteiger partial charge in [-0.25, -0.2) is 4.79 Å². The first-order valence-corrected chi connectivity index (χ1v) is 10.7. The number of carbonyl (C=O) groups is 2. The van der Waals surface area contributed by atoms with Crippen molar-refractivity contribution >= 4 is 28.2 Å². The van der Waals surface area contributed by atoms with E-state index in [1.807, 2.05) is 25.1 Å². The van der Waals surface area contributed by atoms with Crippen LogP contribution in [0.4, 0.5) is 5.00 Å². The van der Waals surface area contributed by atoms with E-state index in [0.717, 1.165) is 30.4 Å². The Morgan fingerprint density at radius 1 is 1.29 bits per heavy atom. The smallest absolute Gasteiger partial charge is 0.341 e. The molecular formula is C23H29NO3S. The van der Waals surface area contributed by atoms with Gasteiger partial charge in [-0.2, -0.15) is 0 Å². The predicted octanol–water partition coefficient (Wildman–Crippen LogP) is 5.64. The molecule has 4 nitrogen and oxygen atoms in total. The monoisotopic (exact) mass is 399 g/mol. The van der Waals surface area contributed by atoms with Crippen molar-refractivity contribution in [3.05, 3.63) is 51.4 Å². The number of carbonyl (C=O) groups excluding carboxylic acids is 2. The predicted molar refractivity (Wildman–Crippen MR) is 114 cm³/mol. The van der Waals surface area contributed by atoms with Gasteiger partial charge in [0.25, 0.3) is 5.91 Å². The number of thiophene rings is 1. The Morgan fingerprint density at radius 3 is 2.68 bits per heavy atom. The molecule has 0 bridgehead atoms. The molecule has 0 aliphatic heterocycles. The van der Waals surface area contributed by atoms with Crippen LogP contribution < -0.4 is 5.32 Å². The SMILES string of the molecule is CCOC(=O)c1c(NC(=O)c2cccc(C)c2)sc2c1CCC(C(C)(C)C)C2. The molecule has 3 rings (SSSR count). The first kappa shape index (κ1) is 20.6. The molecule has 1 amide bonds. The highest BCUT2D eigenvalue weighted by Gasteiger charge is 2.34. The van der Waals surface area contributed by atoms with Gasteiger partial charge in [-0.15, -0.1) is 11.3 Å². The molecule has 0 saturated heterocycles. The third-order valence-electron chi connectivity index (χ3n) is 5.48. The van der Waals surface area contributed by atoms with E-state index in [9.17, 15) is 9.59 Å². The van der Waals surface area contributed by atoms with Crippen LogP contribution in [0.5, 0.6) is 0 Å². The van der Waals surface area contributed by atoms with Crippen LogP contribution in [-0.2, 0) is 17.6 Å². The quantitative estimate of drug-likeness (QED) is 0.677. The van der Waals surface area contributed by atoms with Crippen LogP contribution in [0.15, 0.2) is 24.3 Å². The molecule has 1 aromatic heterocycles. The Hall–Kier alpha value is -2.14. The van der Waals surface area contributed by atoms with Gasteiger partial charge in [0.1, 0.15) is 5.00 Å². The lowest BCUT2D eigenvalue weighted by Gasteiger charge is -2.33. The van der Waals surface area contributed by atoms with Crippen molar-refractivity contribution in [1.82, 2.24) is 0 Å². The van der Waals surface area contributed by atoms with Gasteiger partial charge in [-0.05, 0) is 62.1 Å². The summed E-state index contributed by atoms with van der Waals surface area (Å²) in [6.07, 6.45) is 2.84. The summed E-state index contributed by atoms with van der Waals surface area (Å²) in [5, 5.41) is 3.60. The Kier molecular flexibility index (Phi) is 5.94. The largest absolute Gasteiger partial charge is 0.462 e. The van der Waals surface area contributed by atoms with Crippen molar-refractivity contribution in [2.75, 3.05) is 11.9 Å². The Bertz CT molecular complexity index is 892. The molecule has 1 N–H and O–H groups in total. The Morgan fingerprint density at radius 2 is 2.04 bits per heavy atom. The number of benzene rings is 1. The van der Waals surface area contributed by atoms with Gasteiger partial charge < -0.3 is 10.1 Å². The molecule has 150 valence electrons. The Balaban J connectivity index is 1.95. The minimum atomic E-state index is -0.339. The topological polar surface area (TPSA) is 55.4 Å². The molecule has 0 saturated carbocycles. The number of aryl methyl sites for hydroxylation is 1. The van der Waals surface area contributed by atoms with Crippen molar-refractivity contribution < 1.29 is 14.3 Å². The Labute approximate surface area is 171 Å². The molecule has 1 heterocycles. The second kappa shape index (κ2) is 8.08. The number of hydrogen-bond donors (Lipinski definition) is 1. The number of ether oxygens (including phenoxy) is 1. The fourth-order valence-corrected chi connectivity index (χ4v) is 5.10. The van der Waals surface area contributed by atoms with Crippen molar-refractivity contribution in [1.29, 1.82) is 0 Å². The zero-order valence-electron chi connectivity index (χ0n) is 17.3. The zero-order valence-corrected chi connectivity index (χ0v) is 18.2.